The second-order valence-electron chi connectivity index (χ2n) is 16.5. The maximum atomic E-state index is 2.42. The summed E-state index contributed by atoms with van der Waals surface area (Å²) >= 11 is 3.77. The van der Waals surface area contributed by atoms with Crippen LogP contribution in [0.3, 0.4) is 0 Å². The van der Waals surface area contributed by atoms with Gasteiger partial charge in [0.2, 0.25) is 0 Å². The summed E-state index contributed by atoms with van der Waals surface area (Å²) in [6, 6.07) is 74.3. The highest BCUT2D eigenvalue weighted by Gasteiger charge is 2.35. The van der Waals surface area contributed by atoms with Crippen molar-refractivity contribution in [3.63, 3.8) is 0 Å². The highest BCUT2D eigenvalue weighted by atomic mass is 32.1. The molecule has 11 aromatic rings. The molecular formula is C57H39NS2. The van der Waals surface area contributed by atoms with Gasteiger partial charge >= 0.3 is 0 Å². The Morgan fingerprint density at radius 2 is 0.867 bits per heavy atom. The van der Waals surface area contributed by atoms with Gasteiger partial charge in [-0.25, -0.2) is 0 Å². The van der Waals surface area contributed by atoms with Crippen molar-refractivity contribution in [3.05, 3.63) is 211 Å². The Hall–Kier alpha value is -6.78. The van der Waals surface area contributed by atoms with Crippen LogP contribution in [0.1, 0.15) is 25.0 Å². The minimum Gasteiger partial charge on any atom is -0.310 e. The van der Waals surface area contributed by atoms with Crippen molar-refractivity contribution in [2.75, 3.05) is 4.90 Å². The normalized spacial score (nSPS) is 13.0. The molecule has 0 amide bonds. The van der Waals surface area contributed by atoms with Gasteiger partial charge in [-0.1, -0.05) is 141 Å². The third-order valence-electron chi connectivity index (χ3n) is 12.7. The van der Waals surface area contributed by atoms with E-state index in [0.717, 1.165) is 17.1 Å². The Labute approximate surface area is 358 Å². The lowest BCUT2D eigenvalue weighted by Gasteiger charge is -2.28. The molecule has 3 heteroatoms. The van der Waals surface area contributed by atoms with E-state index >= 15 is 0 Å². The molecule has 1 aliphatic rings. The molecule has 60 heavy (non-hydrogen) atoms. The minimum absolute atomic E-state index is 0.0993. The minimum atomic E-state index is -0.0993. The molecule has 0 unspecified atom stereocenters. The fourth-order valence-corrected chi connectivity index (χ4v) is 11.9. The van der Waals surface area contributed by atoms with Crippen LogP contribution in [-0.2, 0) is 5.41 Å². The molecule has 0 saturated carbocycles. The Morgan fingerprint density at radius 3 is 1.62 bits per heavy atom. The molecule has 0 N–H and O–H groups in total. The van der Waals surface area contributed by atoms with Crippen molar-refractivity contribution >= 4 is 80.1 Å². The van der Waals surface area contributed by atoms with Gasteiger partial charge in [0.15, 0.2) is 0 Å². The van der Waals surface area contributed by atoms with E-state index in [0.29, 0.717) is 0 Å². The maximum Gasteiger partial charge on any atom is 0.0465 e. The highest BCUT2D eigenvalue weighted by Crippen LogP contribution is 2.51. The van der Waals surface area contributed by atoms with Gasteiger partial charge in [0.25, 0.3) is 0 Å². The quantitative estimate of drug-likeness (QED) is 0.162. The number of hydrogen-bond acceptors (Lipinski definition) is 3. The molecular weight excluding hydrogens is 763 g/mol. The molecule has 9 aromatic carbocycles. The van der Waals surface area contributed by atoms with E-state index in [1.54, 1.807) is 0 Å². The van der Waals surface area contributed by atoms with E-state index in [9.17, 15) is 0 Å². The second-order valence-corrected chi connectivity index (χ2v) is 18.6. The van der Waals surface area contributed by atoms with Crippen LogP contribution in [0.5, 0.6) is 0 Å². The highest BCUT2D eigenvalue weighted by molar-refractivity contribution is 7.26. The molecule has 1 aliphatic carbocycles. The van der Waals surface area contributed by atoms with Crippen LogP contribution in [0.2, 0.25) is 0 Å². The zero-order valence-electron chi connectivity index (χ0n) is 33.3. The molecule has 12 rings (SSSR count). The lowest BCUT2D eigenvalue weighted by Crippen LogP contribution is -2.16. The Balaban J connectivity index is 0.992. The summed E-state index contributed by atoms with van der Waals surface area (Å²) in [5, 5.41) is 5.28. The third-order valence-corrected chi connectivity index (χ3v) is 15.1. The van der Waals surface area contributed by atoms with E-state index in [1.165, 1.54) is 96.0 Å². The van der Waals surface area contributed by atoms with Crippen LogP contribution in [0.15, 0.2) is 200 Å². The molecule has 0 atom stereocenters. The number of thiophene rings is 2. The van der Waals surface area contributed by atoms with Gasteiger partial charge in [0, 0.05) is 68.4 Å². The van der Waals surface area contributed by atoms with Crippen molar-refractivity contribution < 1.29 is 0 Å². The standard InChI is InChI=1S/C57H39NS2/c1-57(2)51-17-9-6-14-44(51)45-30-29-43(35-52(45)57)58(41-25-20-37(21-26-41)36-12-4-3-5-13-36)42-27-22-38(23-28-42)40-33-48(56-50(34-40)47-16-8-11-19-54(47)60-56)39-24-31-55-49(32-39)46-15-7-10-18-53(46)59-55/h3-35H,1-2H3. The van der Waals surface area contributed by atoms with E-state index in [1.807, 2.05) is 22.7 Å². The van der Waals surface area contributed by atoms with Crippen LogP contribution < -0.4 is 4.90 Å². The average molecular weight is 802 g/mol. The third kappa shape index (κ3) is 5.58. The van der Waals surface area contributed by atoms with Crippen LogP contribution in [0, 0.1) is 0 Å². The number of benzene rings is 9. The van der Waals surface area contributed by atoms with Crippen molar-refractivity contribution in [2.24, 2.45) is 0 Å². The fraction of sp³-hybridized carbons (Fsp3) is 0.0526. The molecule has 1 nitrogen and oxygen atoms in total. The van der Waals surface area contributed by atoms with E-state index in [-0.39, 0.29) is 5.41 Å². The topological polar surface area (TPSA) is 3.24 Å². The first-order valence-electron chi connectivity index (χ1n) is 20.7. The van der Waals surface area contributed by atoms with Crippen molar-refractivity contribution in [2.45, 2.75) is 19.3 Å². The average Bonchev–Trinajstić information content (AvgIpc) is 3.94. The van der Waals surface area contributed by atoms with Crippen LogP contribution in [0.4, 0.5) is 17.1 Å². The summed E-state index contributed by atoms with van der Waals surface area (Å²) in [6.07, 6.45) is 0. The summed E-state index contributed by atoms with van der Waals surface area (Å²) in [5.41, 5.74) is 16.1. The van der Waals surface area contributed by atoms with Crippen molar-refractivity contribution in [1.29, 1.82) is 0 Å². The molecule has 0 fully saturated rings. The number of nitrogens with zero attached hydrogens (tertiary/aromatic N) is 1. The van der Waals surface area contributed by atoms with E-state index in [4.69, 9.17) is 0 Å². The van der Waals surface area contributed by atoms with Gasteiger partial charge in [0.05, 0.1) is 0 Å². The van der Waals surface area contributed by atoms with Gasteiger partial charge in [-0.2, -0.15) is 0 Å². The van der Waals surface area contributed by atoms with Gasteiger partial charge < -0.3 is 4.90 Å². The number of rotatable bonds is 6. The number of hydrogen-bond donors (Lipinski definition) is 0. The second kappa shape index (κ2) is 13.6. The lowest BCUT2D eigenvalue weighted by molar-refractivity contribution is 0.660. The first kappa shape index (κ1) is 35.2. The maximum absolute atomic E-state index is 2.42. The monoisotopic (exact) mass is 801 g/mol. The Bertz CT molecular complexity index is 3440. The number of fused-ring (bicyclic) bond motifs is 9. The van der Waals surface area contributed by atoms with Gasteiger partial charge in [-0.15, -0.1) is 22.7 Å². The van der Waals surface area contributed by atoms with Crippen LogP contribution >= 0.6 is 22.7 Å². The first-order chi connectivity index (χ1) is 29.5. The van der Waals surface area contributed by atoms with Gasteiger partial charge in [-0.3, -0.25) is 0 Å². The Morgan fingerprint density at radius 1 is 0.333 bits per heavy atom. The largest absolute Gasteiger partial charge is 0.310 e. The molecule has 0 spiro atoms. The summed E-state index contributed by atoms with van der Waals surface area (Å²) in [7, 11) is 0. The lowest BCUT2D eigenvalue weighted by atomic mass is 9.82. The molecule has 0 radical (unpaired) electrons. The van der Waals surface area contributed by atoms with E-state index in [2.05, 4.69) is 219 Å². The molecule has 0 saturated heterocycles. The summed E-state index contributed by atoms with van der Waals surface area (Å²) in [6.45, 7) is 4.72. The fourth-order valence-electron chi connectivity index (χ4n) is 9.62. The zero-order chi connectivity index (χ0) is 40.0. The molecule has 284 valence electrons. The van der Waals surface area contributed by atoms with Gasteiger partial charge in [0.1, 0.15) is 0 Å². The van der Waals surface area contributed by atoms with Crippen LogP contribution in [-0.4, -0.2) is 0 Å². The summed E-state index contributed by atoms with van der Waals surface area (Å²) in [5.74, 6) is 0. The summed E-state index contributed by atoms with van der Waals surface area (Å²) in [4.78, 5) is 2.42. The SMILES string of the molecule is CC1(C)c2ccccc2-c2ccc(N(c3ccc(-c4ccccc4)cc3)c3ccc(-c4cc(-c5ccc6sc7ccccc7c6c5)c5sc6ccccc6c5c4)cc3)cc21. The van der Waals surface area contributed by atoms with E-state index < -0.39 is 0 Å². The predicted molar refractivity (Wildman–Crippen MR) is 261 cm³/mol. The zero-order valence-corrected chi connectivity index (χ0v) is 34.9. The Kier molecular flexibility index (Phi) is 8.00. The smallest absolute Gasteiger partial charge is 0.0465 e. The summed E-state index contributed by atoms with van der Waals surface area (Å²) < 4.78 is 5.32. The number of anilines is 3. The van der Waals surface area contributed by atoms with Gasteiger partial charge in [-0.05, 0) is 123 Å². The van der Waals surface area contributed by atoms with Crippen LogP contribution in [0.25, 0.3) is 84.9 Å². The molecule has 0 aliphatic heterocycles. The molecule has 2 aromatic heterocycles. The van der Waals surface area contributed by atoms with Crippen molar-refractivity contribution in [3.8, 4) is 44.5 Å². The first-order valence-corrected chi connectivity index (χ1v) is 22.3. The molecule has 2 heterocycles. The molecule has 0 bridgehead atoms. The van der Waals surface area contributed by atoms with Crippen molar-refractivity contribution in [1.82, 2.24) is 0 Å². The predicted octanol–water partition coefficient (Wildman–Crippen LogP) is 17.2.